The highest BCUT2D eigenvalue weighted by Gasteiger charge is 2.15. The Bertz CT molecular complexity index is 598. The summed E-state index contributed by atoms with van der Waals surface area (Å²) in [5.41, 5.74) is 1.49. The fourth-order valence-corrected chi connectivity index (χ4v) is 1.72. The summed E-state index contributed by atoms with van der Waals surface area (Å²) in [7, 11) is 1.55. The Morgan fingerprint density at radius 1 is 1.41 bits per heavy atom. The quantitative estimate of drug-likeness (QED) is 0.645. The van der Waals surface area contributed by atoms with E-state index in [0.29, 0.717) is 27.6 Å². The number of ether oxygens (including phenoxy) is 1. The largest absolute Gasteiger partial charge is 0.495 e. The third-order valence-electron chi connectivity index (χ3n) is 2.35. The average molecular weight is 249 g/mol. The van der Waals surface area contributed by atoms with E-state index in [9.17, 15) is 4.79 Å². The lowest BCUT2D eigenvalue weighted by molar-refractivity contribution is 0.102. The highest BCUT2D eigenvalue weighted by atomic mass is 32.1. The SMILES string of the molecule is COc1ccc(C(=O)c2[nH]c(=S)[nH]c2C)nc1. The second kappa shape index (κ2) is 4.50. The molecule has 0 atom stereocenters. The van der Waals surface area contributed by atoms with Crippen LogP contribution in [-0.4, -0.2) is 27.8 Å². The van der Waals surface area contributed by atoms with Gasteiger partial charge in [-0.2, -0.15) is 0 Å². The highest BCUT2D eigenvalue weighted by Crippen LogP contribution is 2.12. The molecule has 2 N–H and O–H groups in total. The van der Waals surface area contributed by atoms with Crippen molar-refractivity contribution in [3.8, 4) is 5.75 Å². The van der Waals surface area contributed by atoms with Crippen molar-refractivity contribution in [2.75, 3.05) is 7.11 Å². The first-order valence-electron chi connectivity index (χ1n) is 4.95. The van der Waals surface area contributed by atoms with Crippen LogP contribution >= 0.6 is 12.2 Å². The molecular formula is C11H11N3O2S. The van der Waals surface area contributed by atoms with Gasteiger partial charge in [-0.1, -0.05) is 0 Å². The molecule has 6 heteroatoms. The topological polar surface area (TPSA) is 70.8 Å². The zero-order valence-corrected chi connectivity index (χ0v) is 10.2. The van der Waals surface area contributed by atoms with Crippen molar-refractivity contribution in [1.82, 2.24) is 15.0 Å². The van der Waals surface area contributed by atoms with E-state index in [2.05, 4.69) is 15.0 Å². The number of carbonyl (C=O) groups excluding carboxylic acids is 1. The van der Waals surface area contributed by atoms with Crippen LogP contribution in [0.2, 0.25) is 0 Å². The van der Waals surface area contributed by atoms with Gasteiger partial charge in [0.2, 0.25) is 5.78 Å². The predicted octanol–water partition coefficient (Wildman–Crippen LogP) is 2.02. The zero-order valence-electron chi connectivity index (χ0n) is 9.40. The zero-order chi connectivity index (χ0) is 12.4. The summed E-state index contributed by atoms with van der Waals surface area (Å²) in [5, 5.41) is 0. The minimum absolute atomic E-state index is 0.197. The van der Waals surface area contributed by atoms with Crippen molar-refractivity contribution >= 4 is 18.0 Å². The number of aromatic amines is 2. The Kier molecular flexibility index (Phi) is 3.06. The number of methoxy groups -OCH3 is 1. The smallest absolute Gasteiger partial charge is 0.229 e. The molecule has 2 rings (SSSR count). The summed E-state index contributed by atoms with van der Waals surface area (Å²) in [4.78, 5) is 21.8. The van der Waals surface area contributed by atoms with Gasteiger partial charge >= 0.3 is 0 Å². The fraction of sp³-hybridized carbons (Fsp3) is 0.182. The number of aromatic nitrogens is 3. The van der Waals surface area contributed by atoms with E-state index in [1.165, 1.54) is 6.20 Å². The third-order valence-corrected chi connectivity index (χ3v) is 2.55. The van der Waals surface area contributed by atoms with Gasteiger partial charge in [0.15, 0.2) is 4.77 Å². The number of nitrogens with one attached hydrogen (secondary N) is 2. The predicted molar refractivity (Wildman–Crippen MR) is 64.9 cm³/mol. The third kappa shape index (κ3) is 2.26. The standard InChI is InChI=1S/C11H11N3O2S/c1-6-9(14-11(17)13-6)10(15)8-4-3-7(16-2)5-12-8/h3-5H,1-2H3,(H2,13,14,17). The molecule has 0 aliphatic rings. The minimum Gasteiger partial charge on any atom is -0.495 e. The van der Waals surface area contributed by atoms with Gasteiger partial charge in [0.25, 0.3) is 0 Å². The Labute approximate surface area is 103 Å². The molecule has 17 heavy (non-hydrogen) atoms. The summed E-state index contributed by atoms with van der Waals surface area (Å²) in [6, 6.07) is 3.31. The average Bonchev–Trinajstić information content (AvgIpc) is 2.68. The van der Waals surface area contributed by atoms with Crippen LogP contribution in [0.25, 0.3) is 0 Å². The van der Waals surface area contributed by atoms with Gasteiger partial charge in [-0.25, -0.2) is 4.98 Å². The van der Waals surface area contributed by atoms with E-state index in [0.717, 1.165) is 0 Å². The van der Waals surface area contributed by atoms with Crippen molar-refractivity contribution in [1.29, 1.82) is 0 Å². The maximum absolute atomic E-state index is 12.1. The van der Waals surface area contributed by atoms with Crippen LogP contribution in [0.5, 0.6) is 5.75 Å². The molecule has 0 saturated carbocycles. The fourth-order valence-electron chi connectivity index (χ4n) is 1.46. The van der Waals surface area contributed by atoms with Crippen molar-refractivity contribution in [2.24, 2.45) is 0 Å². The number of hydrogen-bond donors (Lipinski definition) is 2. The molecule has 2 aromatic rings. The summed E-state index contributed by atoms with van der Waals surface area (Å²) in [6.07, 6.45) is 1.50. The molecule has 88 valence electrons. The Morgan fingerprint density at radius 3 is 2.65 bits per heavy atom. The van der Waals surface area contributed by atoms with Crippen molar-refractivity contribution in [2.45, 2.75) is 6.92 Å². The molecule has 2 aromatic heterocycles. The Hall–Kier alpha value is -1.95. The molecule has 5 nitrogen and oxygen atoms in total. The second-order valence-electron chi connectivity index (χ2n) is 3.49. The van der Waals surface area contributed by atoms with Gasteiger partial charge in [0.1, 0.15) is 17.1 Å². The number of carbonyl (C=O) groups is 1. The number of ketones is 1. The molecule has 0 fully saturated rings. The van der Waals surface area contributed by atoms with Crippen LogP contribution in [0, 0.1) is 11.7 Å². The van der Waals surface area contributed by atoms with E-state index in [-0.39, 0.29) is 5.78 Å². The second-order valence-corrected chi connectivity index (χ2v) is 3.90. The number of aryl methyl sites for hydroxylation is 1. The van der Waals surface area contributed by atoms with Crippen LogP contribution in [0.3, 0.4) is 0 Å². The first-order valence-corrected chi connectivity index (χ1v) is 5.36. The van der Waals surface area contributed by atoms with Gasteiger partial charge in [0, 0.05) is 5.69 Å². The lowest BCUT2D eigenvalue weighted by Crippen LogP contribution is -2.06. The number of hydrogen-bond acceptors (Lipinski definition) is 4. The Morgan fingerprint density at radius 2 is 2.18 bits per heavy atom. The number of H-pyrrole nitrogens is 2. The highest BCUT2D eigenvalue weighted by molar-refractivity contribution is 7.71. The molecule has 0 radical (unpaired) electrons. The van der Waals surface area contributed by atoms with Crippen LogP contribution in [0.15, 0.2) is 18.3 Å². The van der Waals surface area contributed by atoms with Crippen LogP contribution < -0.4 is 4.74 Å². The molecule has 0 aromatic carbocycles. The lowest BCUT2D eigenvalue weighted by atomic mass is 10.1. The monoisotopic (exact) mass is 249 g/mol. The van der Waals surface area contributed by atoms with E-state index >= 15 is 0 Å². The molecule has 0 bridgehead atoms. The van der Waals surface area contributed by atoms with E-state index in [4.69, 9.17) is 17.0 Å². The molecule has 2 heterocycles. The first kappa shape index (κ1) is 11.5. The maximum atomic E-state index is 12.1. The van der Waals surface area contributed by atoms with Gasteiger partial charge in [-0.15, -0.1) is 0 Å². The van der Waals surface area contributed by atoms with Crippen LogP contribution in [0.1, 0.15) is 21.9 Å². The van der Waals surface area contributed by atoms with E-state index in [1.54, 1.807) is 26.2 Å². The first-order chi connectivity index (χ1) is 8.11. The summed E-state index contributed by atoms with van der Waals surface area (Å²) >= 11 is 4.93. The van der Waals surface area contributed by atoms with Crippen molar-refractivity contribution in [3.05, 3.63) is 40.2 Å². The number of nitrogens with zero attached hydrogens (tertiary/aromatic N) is 1. The molecule has 0 aliphatic carbocycles. The molecule has 0 saturated heterocycles. The number of imidazole rings is 1. The Balaban J connectivity index is 2.36. The molecule has 0 amide bonds. The normalized spacial score (nSPS) is 10.2. The van der Waals surface area contributed by atoms with Crippen LogP contribution in [0.4, 0.5) is 0 Å². The molecule has 0 unspecified atom stereocenters. The summed E-state index contributed by atoms with van der Waals surface area (Å²) in [5.74, 6) is 0.415. The molecular weight excluding hydrogens is 238 g/mol. The number of pyridine rings is 1. The van der Waals surface area contributed by atoms with E-state index in [1.807, 2.05) is 0 Å². The summed E-state index contributed by atoms with van der Waals surface area (Å²) in [6.45, 7) is 1.78. The molecule has 0 spiro atoms. The number of rotatable bonds is 3. The maximum Gasteiger partial charge on any atom is 0.229 e. The van der Waals surface area contributed by atoms with Gasteiger partial charge in [-0.3, -0.25) is 4.79 Å². The minimum atomic E-state index is -0.197. The molecule has 0 aliphatic heterocycles. The summed E-state index contributed by atoms with van der Waals surface area (Å²) < 4.78 is 5.41. The van der Waals surface area contributed by atoms with Crippen LogP contribution in [-0.2, 0) is 0 Å². The lowest BCUT2D eigenvalue weighted by Gasteiger charge is -2.01. The van der Waals surface area contributed by atoms with Gasteiger partial charge < -0.3 is 14.7 Å². The van der Waals surface area contributed by atoms with Gasteiger partial charge in [0.05, 0.1) is 13.3 Å². The van der Waals surface area contributed by atoms with E-state index < -0.39 is 0 Å². The van der Waals surface area contributed by atoms with Crippen molar-refractivity contribution < 1.29 is 9.53 Å². The van der Waals surface area contributed by atoms with Gasteiger partial charge in [-0.05, 0) is 31.3 Å². The van der Waals surface area contributed by atoms with Crippen molar-refractivity contribution in [3.63, 3.8) is 0 Å².